The average Bonchev–Trinajstić information content (AvgIpc) is 2.89. The molecular formula is C28H30N4O2. The fraction of sp³-hybridized carbons (Fsp3) is 0.321. The van der Waals surface area contributed by atoms with Gasteiger partial charge in [0.05, 0.1) is 19.1 Å². The highest BCUT2D eigenvalue weighted by Crippen LogP contribution is 2.33. The molecule has 1 N–H and O–H groups in total. The van der Waals surface area contributed by atoms with Gasteiger partial charge in [-0.2, -0.15) is 0 Å². The highest BCUT2D eigenvalue weighted by Gasteiger charge is 2.36. The molecule has 2 amide bonds. The molecule has 174 valence electrons. The van der Waals surface area contributed by atoms with Gasteiger partial charge in [-0.25, -0.2) is 0 Å². The first-order valence-electron chi connectivity index (χ1n) is 12.1. The summed E-state index contributed by atoms with van der Waals surface area (Å²) >= 11 is 0. The van der Waals surface area contributed by atoms with Crippen molar-refractivity contribution in [2.45, 2.75) is 44.2 Å². The van der Waals surface area contributed by atoms with Crippen LogP contribution in [0.3, 0.4) is 0 Å². The lowest BCUT2D eigenvalue weighted by molar-refractivity contribution is -0.135. The molecular weight excluding hydrogens is 424 g/mol. The van der Waals surface area contributed by atoms with Gasteiger partial charge in [-0.15, -0.1) is 0 Å². The molecule has 2 aliphatic rings. The van der Waals surface area contributed by atoms with Crippen molar-refractivity contribution >= 4 is 17.5 Å². The zero-order valence-corrected chi connectivity index (χ0v) is 19.3. The minimum absolute atomic E-state index is 0.0470. The number of carbonyl (C=O) groups is 2. The predicted octanol–water partition coefficient (Wildman–Crippen LogP) is 3.88. The van der Waals surface area contributed by atoms with Crippen LogP contribution >= 0.6 is 0 Å². The normalized spacial score (nSPS) is 20.2. The fourth-order valence-electron chi connectivity index (χ4n) is 5.19. The number of nitrogens with zero attached hydrogens (tertiary/aromatic N) is 3. The molecule has 0 bridgehead atoms. The lowest BCUT2D eigenvalue weighted by atomic mass is 9.89. The number of hydrogen-bond donors (Lipinski definition) is 1. The first kappa shape index (κ1) is 22.3. The van der Waals surface area contributed by atoms with Crippen LogP contribution in [0.15, 0.2) is 79.0 Å². The minimum Gasteiger partial charge on any atom is -0.334 e. The van der Waals surface area contributed by atoms with E-state index >= 15 is 0 Å². The Morgan fingerprint density at radius 3 is 2.59 bits per heavy atom. The number of fused-ring (bicyclic) bond motifs is 1. The number of aryl methyl sites for hydroxylation is 1. The second-order valence-corrected chi connectivity index (χ2v) is 9.00. The van der Waals surface area contributed by atoms with Crippen molar-refractivity contribution in [1.29, 1.82) is 0 Å². The fourth-order valence-corrected chi connectivity index (χ4v) is 5.19. The number of piperidine rings is 1. The molecule has 5 rings (SSSR count). The zero-order valence-electron chi connectivity index (χ0n) is 19.3. The lowest BCUT2D eigenvalue weighted by Gasteiger charge is -2.43. The van der Waals surface area contributed by atoms with Gasteiger partial charge < -0.3 is 4.90 Å². The minimum atomic E-state index is -0.0960. The summed E-state index contributed by atoms with van der Waals surface area (Å²) in [7, 11) is 0. The van der Waals surface area contributed by atoms with E-state index in [9.17, 15) is 9.59 Å². The van der Waals surface area contributed by atoms with Crippen LogP contribution in [0.25, 0.3) is 0 Å². The Bertz CT molecular complexity index is 1140. The van der Waals surface area contributed by atoms with Crippen LogP contribution in [0.2, 0.25) is 0 Å². The van der Waals surface area contributed by atoms with Crippen LogP contribution in [-0.4, -0.2) is 41.0 Å². The Hall–Kier alpha value is -3.51. The number of carbonyl (C=O) groups excluding carboxylic acids is 2. The van der Waals surface area contributed by atoms with Gasteiger partial charge in [0.15, 0.2) is 0 Å². The van der Waals surface area contributed by atoms with Crippen molar-refractivity contribution in [2.75, 3.05) is 18.1 Å². The Morgan fingerprint density at radius 1 is 0.971 bits per heavy atom. The summed E-state index contributed by atoms with van der Waals surface area (Å²) in [6, 6.07) is 24.0. The van der Waals surface area contributed by atoms with E-state index in [0.717, 1.165) is 42.8 Å². The van der Waals surface area contributed by atoms with E-state index in [1.165, 1.54) is 5.56 Å². The summed E-state index contributed by atoms with van der Waals surface area (Å²) in [5.41, 5.74) is 4.09. The molecule has 1 aromatic heterocycles. The Labute approximate surface area is 200 Å². The van der Waals surface area contributed by atoms with E-state index in [4.69, 9.17) is 0 Å². The van der Waals surface area contributed by atoms with E-state index in [2.05, 4.69) is 28.5 Å². The third-order valence-electron chi connectivity index (χ3n) is 6.85. The van der Waals surface area contributed by atoms with Crippen LogP contribution in [-0.2, 0) is 22.4 Å². The van der Waals surface area contributed by atoms with E-state index in [0.29, 0.717) is 13.1 Å². The SMILES string of the molecule is O=C1CCc2ccccc2N1CNC1CCCN(C(=O)Cc2ccccn2)C1c1ccccc1. The molecule has 0 spiro atoms. The van der Waals surface area contributed by atoms with Crippen LogP contribution in [0, 0.1) is 0 Å². The second-order valence-electron chi connectivity index (χ2n) is 9.00. The maximum atomic E-state index is 13.4. The Morgan fingerprint density at radius 2 is 1.76 bits per heavy atom. The summed E-state index contributed by atoms with van der Waals surface area (Å²) in [4.78, 5) is 34.4. The van der Waals surface area contributed by atoms with Crippen LogP contribution in [0.5, 0.6) is 0 Å². The number of benzene rings is 2. The summed E-state index contributed by atoms with van der Waals surface area (Å²) in [5.74, 6) is 0.222. The maximum absolute atomic E-state index is 13.4. The highest BCUT2D eigenvalue weighted by atomic mass is 16.2. The number of para-hydroxylation sites is 1. The molecule has 2 aliphatic heterocycles. The molecule has 6 heteroatoms. The number of anilines is 1. The van der Waals surface area contributed by atoms with Gasteiger partial charge in [-0.3, -0.25) is 24.8 Å². The molecule has 0 radical (unpaired) electrons. The Balaban J connectivity index is 1.37. The van der Waals surface area contributed by atoms with Crippen LogP contribution < -0.4 is 10.2 Å². The van der Waals surface area contributed by atoms with Gasteiger partial charge in [-0.1, -0.05) is 54.6 Å². The van der Waals surface area contributed by atoms with E-state index in [-0.39, 0.29) is 30.3 Å². The van der Waals surface area contributed by atoms with Crippen molar-refractivity contribution in [3.8, 4) is 0 Å². The van der Waals surface area contributed by atoms with Crippen LogP contribution in [0.4, 0.5) is 5.69 Å². The van der Waals surface area contributed by atoms with Crippen molar-refractivity contribution in [1.82, 2.24) is 15.2 Å². The Kier molecular flexibility index (Phi) is 6.67. The summed E-state index contributed by atoms with van der Waals surface area (Å²) in [6.07, 6.45) is 5.19. The van der Waals surface area contributed by atoms with Gasteiger partial charge in [0.25, 0.3) is 0 Å². The molecule has 0 saturated carbocycles. The largest absolute Gasteiger partial charge is 0.334 e. The number of pyridine rings is 1. The monoisotopic (exact) mass is 454 g/mol. The molecule has 1 saturated heterocycles. The third kappa shape index (κ3) is 4.73. The first-order valence-corrected chi connectivity index (χ1v) is 12.1. The number of likely N-dealkylation sites (tertiary alicyclic amines) is 1. The molecule has 6 nitrogen and oxygen atoms in total. The van der Waals surface area contributed by atoms with Gasteiger partial charge in [0.2, 0.25) is 11.8 Å². The second kappa shape index (κ2) is 10.2. The van der Waals surface area contributed by atoms with E-state index in [1.54, 1.807) is 6.20 Å². The van der Waals surface area contributed by atoms with Crippen molar-refractivity contribution in [2.24, 2.45) is 0 Å². The molecule has 3 heterocycles. The molecule has 0 aliphatic carbocycles. The molecule has 2 unspecified atom stereocenters. The lowest BCUT2D eigenvalue weighted by Crippen LogP contribution is -2.54. The standard InChI is InChI=1S/C28H30N4O2/c33-26-16-15-21-9-4-5-14-25(21)32(26)20-30-24-13-8-18-31(28(24)22-10-2-1-3-11-22)27(34)19-23-12-6-7-17-29-23/h1-7,9-12,14,17,24,28,30H,8,13,15-16,18-20H2. The third-order valence-corrected chi connectivity index (χ3v) is 6.85. The zero-order chi connectivity index (χ0) is 23.3. The summed E-state index contributed by atoms with van der Waals surface area (Å²) in [5, 5.41) is 3.66. The van der Waals surface area contributed by atoms with E-state index < -0.39 is 0 Å². The number of amides is 2. The molecule has 3 aromatic rings. The summed E-state index contributed by atoms with van der Waals surface area (Å²) in [6.45, 7) is 1.15. The molecule has 2 aromatic carbocycles. The molecule has 1 fully saturated rings. The molecule has 34 heavy (non-hydrogen) atoms. The molecule has 2 atom stereocenters. The number of nitrogens with one attached hydrogen (secondary N) is 1. The van der Waals surface area contributed by atoms with Gasteiger partial charge in [-0.05, 0) is 48.6 Å². The smallest absolute Gasteiger partial charge is 0.229 e. The maximum Gasteiger partial charge on any atom is 0.229 e. The first-order chi connectivity index (χ1) is 16.7. The average molecular weight is 455 g/mol. The van der Waals surface area contributed by atoms with Crippen LogP contribution in [0.1, 0.15) is 42.1 Å². The van der Waals surface area contributed by atoms with Crippen molar-refractivity contribution < 1.29 is 9.59 Å². The van der Waals surface area contributed by atoms with Crippen molar-refractivity contribution in [3.05, 3.63) is 95.8 Å². The number of hydrogen-bond acceptors (Lipinski definition) is 4. The van der Waals surface area contributed by atoms with Gasteiger partial charge in [0.1, 0.15) is 0 Å². The van der Waals surface area contributed by atoms with Gasteiger partial charge in [0, 0.05) is 36.6 Å². The van der Waals surface area contributed by atoms with Gasteiger partial charge >= 0.3 is 0 Å². The summed E-state index contributed by atoms with van der Waals surface area (Å²) < 4.78 is 0. The van der Waals surface area contributed by atoms with E-state index in [1.807, 2.05) is 64.4 Å². The number of rotatable bonds is 6. The number of aromatic nitrogens is 1. The quantitative estimate of drug-likeness (QED) is 0.614. The topological polar surface area (TPSA) is 65.5 Å². The van der Waals surface area contributed by atoms with Crippen molar-refractivity contribution in [3.63, 3.8) is 0 Å². The highest BCUT2D eigenvalue weighted by molar-refractivity contribution is 5.96. The predicted molar refractivity (Wildman–Crippen MR) is 132 cm³/mol.